The maximum atomic E-state index is 12.7. The second-order valence-electron chi connectivity index (χ2n) is 8.23. The third-order valence-electron chi connectivity index (χ3n) is 5.14. The van der Waals surface area contributed by atoms with Crippen molar-refractivity contribution in [1.29, 1.82) is 0 Å². The van der Waals surface area contributed by atoms with E-state index in [2.05, 4.69) is 24.5 Å². The Bertz CT molecular complexity index is 1030. The number of amides is 2. The average molecular weight is 446 g/mol. The van der Waals surface area contributed by atoms with Crippen molar-refractivity contribution < 1.29 is 14.3 Å². The molecule has 0 saturated heterocycles. The van der Waals surface area contributed by atoms with Crippen molar-refractivity contribution in [2.75, 3.05) is 35.7 Å². The van der Waals surface area contributed by atoms with Gasteiger partial charge in [-0.15, -0.1) is 0 Å². The third kappa shape index (κ3) is 7.38. The first-order valence-electron chi connectivity index (χ1n) is 11.1. The number of nitrogens with zero attached hydrogens (tertiary/aromatic N) is 1. The molecule has 0 aliphatic rings. The summed E-state index contributed by atoms with van der Waals surface area (Å²) < 4.78 is 5.70. The van der Waals surface area contributed by atoms with E-state index < -0.39 is 0 Å². The monoisotopic (exact) mass is 445 g/mol. The summed E-state index contributed by atoms with van der Waals surface area (Å²) in [6, 6.07) is 23.9. The lowest BCUT2D eigenvalue weighted by molar-refractivity contribution is -0.114. The molecule has 6 heteroatoms. The van der Waals surface area contributed by atoms with Gasteiger partial charge in [0.15, 0.2) is 0 Å². The normalized spacial score (nSPS) is 10.5. The standard InChI is InChI=1S/C27H31N3O3/c1-20(2)17-18-33-25-15-13-23(14-16-25)29-26(31)19-28-22-11-9-21(10-12-22)27(32)30(3)24-7-5-4-6-8-24/h4-16,20,28H,17-19H2,1-3H3,(H,29,31). The lowest BCUT2D eigenvalue weighted by Gasteiger charge is -2.17. The Morgan fingerprint density at radius 2 is 1.52 bits per heavy atom. The van der Waals surface area contributed by atoms with Gasteiger partial charge in [0, 0.05) is 29.7 Å². The van der Waals surface area contributed by atoms with E-state index >= 15 is 0 Å². The predicted octanol–water partition coefficient (Wildman–Crippen LogP) is 5.44. The Balaban J connectivity index is 1.46. The van der Waals surface area contributed by atoms with Crippen molar-refractivity contribution in [2.45, 2.75) is 20.3 Å². The molecule has 6 nitrogen and oxygen atoms in total. The van der Waals surface area contributed by atoms with Gasteiger partial charge in [-0.2, -0.15) is 0 Å². The molecule has 0 saturated carbocycles. The number of carbonyl (C=O) groups is 2. The number of rotatable bonds is 10. The van der Waals surface area contributed by atoms with E-state index in [4.69, 9.17) is 4.74 Å². The lowest BCUT2D eigenvalue weighted by Crippen LogP contribution is -2.26. The Hall–Kier alpha value is -3.80. The van der Waals surface area contributed by atoms with Crippen LogP contribution in [0.2, 0.25) is 0 Å². The van der Waals surface area contributed by atoms with Crippen LogP contribution in [0.3, 0.4) is 0 Å². The summed E-state index contributed by atoms with van der Waals surface area (Å²) in [4.78, 5) is 26.6. The maximum Gasteiger partial charge on any atom is 0.258 e. The molecular weight excluding hydrogens is 414 g/mol. The number of benzene rings is 3. The Kier molecular flexibility index (Phi) is 8.47. The first kappa shape index (κ1) is 23.9. The van der Waals surface area contributed by atoms with Crippen LogP contribution < -0.4 is 20.3 Å². The molecule has 0 unspecified atom stereocenters. The lowest BCUT2D eigenvalue weighted by atomic mass is 10.1. The Morgan fingerprint density at radius 3 is 2.15 bits per heavy atom. The van der Waals surface area contributed by atoms with Crippen molar-refractivity contribution >= 4 is 28.9 Å². The molecule has 0 fully saturated rings. The minimum absolute atomic E-state index is 0.0953. The maximum absolute atomic E-state index is 12.7. The highest BCUT2D eigenvalue weighted by molar-refractivity contribution is 6.05. The number of hydrogen-bond donors (Lipinski definition) is 2. The molecule has 172 valence electrons. The fourth-order valence-electron chi connectivity index (χ4n) is 3.13. The molecule has 2 amide bonds. The first-order chi connectivity index (χ1) is 15.9. The van der Waals surface area contributed by atoms with E-state index in [0.29, 0.717) is 23.8 Å². The minimum Gasteiger partial charge on any atom is -0.494 e. The molecule has 3 rings (SSSR count). The van der Waals surface area contributed by atoms with Gasteiger partial charge < -0.3 is 20.3 Å². The molecule has 3 aromatic rings. The van der Waals surface area contributed by atoms with E-state index in [-0.39, 0.29) is 18.4 Å². The molecule has 33 heavy (non-hydrogen) atoms. The molecule has 0 bridgehead atoms. The molecule has 0 radical (unpaired) electrons. The van der Waals surface area contributed by atoms with Gasteiger partial charge in [0.2, 0.25) is 5.91 Å². The molecule has 3 aromatic carbocycles. The topological polar surface area (TPSA) is 70.7 Å². The van der Waals surface area contributed by atoms with Gasteiger partial charge in [0.25, 0.3) is 5.91 Å². The van der Waals surface area contributed by atoms with Crippen molar-refractivity contribution in [1.82, 2.24) is 0 Å². The summed E-state index contributed by atoms with van der Waals surface area (Å²) >= 11 is 0. The number of para-hydroxylation sites is 1. The highest BCUT2D eigenvalue weighted by Crippen LogP contribution is 2.18. The van der Waals surface area contributed by atoms with Crippen LogP contribution in [0.5, 0.6) is 5.75 Å². The van der Waals surface area contributed by atoms with Gasteiger partial charge in [-0.3, -0.25) is 9.59 Å². The van der Waals surface area contributed by atoms with Crippen LogP contribution in [-0.2, 0) is 4.79 Å². The van der Waals surface area contributed by atoms with Crippen molar-refractivity contribution in [3.05, 3.63) is 84.4 Å². The van der Waals surface area contributed by atoms with Gasteiger partial charge in [0.05, 0.1) is 13.2 Å². The van der Waals surface area contributed by atoms with Gasteiger partial charge >= 0.3 is 0 Å². The van der Waals surface area contributed by atoms with Gasteiger partial charge in [-0.1, -0.05) is 32.0 Å². The van der Waals surface area contributed by atoms with Gasteiger partial charge in [-0.25, -0.2) is 0 Å². The SMILES string of the molecule is CC(C)CCOc1ccc(NC(=O)CNc2ccc(C(=O)N(C)c3ccccc3)cc2)cc1. The van der Waals surface area contributed by atoms with Crippen LogP contribution in [0.4, 0.5) is 17.1 Å². The zero-order valence-electron chi connectivity index (χ0n) is 19.4. The smallest absolute Gasteiger partial charge is 0.258 e. The second-order valence-corrected chi connectivity index (χ2v) is 8.23. The summed E-state index contributed by atoms with van der Waals surface area (Å²) in [5, 5.41) is 5.94. The third-order valence-corrected chi connectivity index (χ3v) is 5.14. The molecule has 0 aliphatic heterocycles. The van der Waals surface area contributed by atoms with Crippen LogP contribution in [0, 0.1) is 5.92 Å². The van der Waals surface area contributed by atoms with Crippen LogP contribution >= 0.6 is 0 Å². The largest absolute Gasteiger partial charge is 0.494 e. The second kappa shape index (κ2) is 11.7. The molecule has 0 heterocycles. The summed E-state index contributed by atoms with van der Waals surface area (Å²) in [6.45, 7) is 5.12. The Labute approximate surface area is 195 Å². The van der Waals surface area contributed by atoms with Gasteiger partial charge in [-0.05, 0) is 73.0 Å². The molecule has 0 aromatic heterocycles. The quantitative estimate of drug-likeness (QED) is 0.436. The van der Waals surface area contributed by atoms with Crippen molar-refractivity contribution in [2.24, 2.45) is 5.92 Å². The highest BCUT2D eigenvalue weighted by Gasteiger charge is 2.13. The van der Waals surface area contributed by atoms with E-state index in [0.717, 1.165) is 23.5 Å². The molecular formula is C27H31N3O3. The van der Waals surface area contributed by atoms with Crippen LogP contribution in [0.25, 0.3) is 0 Å². The van der Waals surface area contributed by atoms with E-state index in [1.54, 1.807) is 36.2 Å². The van der Waals surface area contributed by atoms with Gasteiger partial charge in [0.1, 0.15) is 5.75 Å². The van der Waals surface area contributed by atoms with E-state index in [9.17, 15) is 9.59 Å². The number of ether oxygens (including phenoxy) is 1. The fraction of sp³-hybridized carbons (Fsp3) is 0.259. The van der Waals surface area contributed by atoms with Crippen LogP contribution in [-0.4, -0.2) is 32.0 Å². The number of carbonyl (C=O) groups excluding carboxylic acids is 2. The van der Waals surface area contributed by atoms with Crippen LogP contribution in [0.15, 0.2) is 78.9 Å². The molecule has 2 N–H and O–H groups in total. The van der Waals surface area contributed by atoms with E-state index in [1.807, 2.05) is 54.6 Å². The van der Waals surface area contributed by atoms with Crippen molar-refractivity contribution in [3.63, 3.8) is 0 Å². The van der Waals surface area contributed by atoms with E-state index in [1.165, 1.54) is 0 Å². The predicted molar refractivity (Wildman–Crippen MR) is 134 cm³/mol. The fourth-order valence-corrected chi connectivity index (χ4v) is 3.13. The summed E-state index contributed by atoms with van der Waals surface area (Å²) in [5.74, 6) is 1.14. The zero-order chi connectivity index (χ0) is 23.6. The summed E-state index contributed by atoms with van der Waals surface area (Å²) in [5.41, 5.74) is 2.88. The zero-order valence-corrected chi connectivity index (χ0v) is 19.4. The first-order valence-corrected chi connectivity index (χ1v) is 11.1. The minimum atomic E-state index is -0.160. The average Bonchev–Trinajstić information content (AvgIpc) is 2.83. The molecule has 0 aliphatic carbocycles. The summed E-state index contributed by atoms with van der Waals surface area (Å²) in [7, 11) is 1.75. The number of hydrogen-bond acceptors (Lipinski definition) is 4. The van der Waals surface area contributed by atoms with Crippen LogP contribution in [0.1, 0.15) is 30.6 Å². The van der Waals surface area contributed by atoms with Crippen molar-refractivity contribution in [3.8, 4) is 5.75 Å². The Morgan fingerprint density at radius 1 is 0.879 bits per heavy atom. The molecule has 0 atom stereocenters. The number of anilines is 3. The summed E-state index contributed by atoms with van der Waals surface area (Å²) in [6.07, 6.45) is 1.00. The number of nitrogens with one attached hydrogen (secondary N) is 2. The molecule has 0 spiro atoms. The highest BCUT2D eigenvalue weighted by atomic mass is 16.5.